The lowest BCUT2D eigenvalue weighted by Gasteiger charge is -2.41. The molecule has 3 rings (SSSR count). The first-order chi connectivity index (χ1) is 12.9. The van der Waals surface area contributed by atoms with Crippen molar-refractivity contribution < 1.29 is 23.8 Å². The number of amides is 2. The van der Waals surface area contributed by atoms with Crippen molar-refractivity contribution in [2.75, 3.05) is 32.8 Å². The van der Waals surface area contributed by atoms with Gasteiger partial charge in [-0.15, -0.1) is 0 Å². The molecule has 1 N–H and O–H groups in total. The number of hydrogen-bond donors (Lipinski definition) is 1. The summed E-state index contributed by atoms with van der Waals surface area (Å²) in [4.78, 5) is 27.8. The molecule has 1 unspecified atom stereocenters. The number of halogens is 1. The number of β-amino-alcohol motifs (C(OH)–C–C–N with tert-alkyl or cyclic N) is 1. The van der Waals surface area contributed by atoms with E-state index in [1.165, 1.54) is 24.3 Å². The smallest absolute Gasteiger partial charge is 0.225 e. The number of hydrogen-bond acceptors (Lipinski definition) is 4. The second-order valence-electron chi connectivity index (χ2n) is 7.61. The first-order valence-electron chi connectivity index (χ1n) is 9.51. The number of carbonyl (C=O) groups is 2. The van der Waals surface area contributed by atoms with Gasteiger partial charge in [0, 0.05) is 32.5 Å². The number of piperidine rings is 2. The molecule has 1 atom stereocenters. The normalized spacial score (nSPS) is 24.0. The molecule has 27 heavy (non-hydrogen) atoms. The maximum absolute atomic E-state index is 13.0. The van der Waals surface area contributed by atoms with Crippen LogP contribution in [-0.4, -0.2) is 65.1 Å². The fourth-order valence-corrected chi connectivity index (χ4v) is 3.87. The molecule has 6 nitrogen and oxygen atoms in total. The molecular weight excluding hydrogens is 351 g/mol. The summed E-state index contributed by atoms with van der Waals surface area (Å²) >= 11 is 0. The van der Waals surface area contributed by atoms with Crippen molar-refractivity contribution in [2.24, 2.45) is 5.92 Å². The van der Waals surface area contributed by atoms with Crippen molar-refractivity contribution in [1.82, 2.24) is 9.80 Å². The highest BCUT2D eigenvalue weighted by Crippen LogP contribution is 2.27. The lowest BCUT2D eigenvalue weighted by molar-refractivity contribution is -0.147. The van der Waals surface area contributed by atoms with Gasteiger partial charge in [0.2, 0.25) is 11.8 Å². The summed E-state index contributed by atoms with van der Waals surface area (Å²) < 4.78 is 18.6. The number of benzene rings is 1. The molecule has 1 aromatic carbocycles. The molecule has 148 valence electrons. The van der Waals surface area contributed by atoms with E-state index in [-0.39, 0.29) is 36.7 Å². The third kappa shape index (κ3) is 4.97. The van der Waals surface area contributed by atoms with Gasteiger partial charge in [0.1, 0.15) is 23.8 Å². The minimum absolute atomic E-state index is 0.0474. The van der Waals surface area contributed by atoms with Gasteiger partial charge in [0.15, 0.2) is 0 Å². The van der Waals surface area contributed by atoms with Crippen LogP contribution < -0.4 is 4.74 Å². The van der Waals surface area contributed by atoms with Crippen molar-refractivity contribution in [2.45, 2.75) is 38.2 Å². The Morgan fingerprint density at radius 2 is 1.85 bits per heavy atom. The minimum atomic E-state index is -1.11. The van der Waals surface area contributed by atoms with Crippen molar-refractivity contribution in [3.8, 4) is 5.75 Å². The van der Waals surface area contributed by atoms with Crippen LogP contribution in [0.5, 0.6) is 5.75 Å². The standard InChI is InChI=1S/C20H27FN2O4/c1-15(24)22-11-7-16(8-12-22)19(25)23-10-2-9-20(26,13-23)14-27-18-5-3-17(21)4-6-18/h3-6,16,26H,2,7-14H2,1H3. The number of nitrogens with zero attached hydrogens (tertiary/aromatic N) is 2. The molecule has 2 saturated heterocycles. The van der Waals surface area contributed by atoms with Crippen LogP contribution in [0, 0.1) is 11.7 Å². The van der Waals surface area contributed by atoms with E-state index in [0.29, 0.717) is 51.1 Å². The second-order valence-corrected chi connectivity index (χ2v) is 7.61. The predicted molar refractivity (Wildman–Crippen MR) is 97.6 cm³/mol. The minimum Gasteiger partial charge on any atom is -0.491 e. The van der Waals surface area contributed by atoms with Crippen molar-refractivity contribution in [1.29, 1.82) is 0 Å². The SMILES string of the molecule is CC(=O)N1CCC(C(=O)N2CCCC(O)(COc3ccc(F)cc3)C2)CC1. The number of aliphatic hydroxyl groups is 1. The monoisotopic (exact) mass is 378 g/mol. The van der Waals surface area contributed by atoms with E-state index < -0.39 is 5.60 Å². The average Bonchev–Trinajstić information content (AvgIpc) is 2.67. The van der Waals surface area contributed by atoms with Gasteiger partial charge >= 0.3 is 0 Å². The summed E-state index contributed by atoms with van der Waals surface area (Å²) in [5.41, 5.74) is -1.11. The molecule has 2 aliphatic heterocycles. The lowest BCUT2D eigenvalue weighted by Crippen LogP contribution is -2.55. The van der Waals surface area contributed by atoms with Gasteiger partial charge < -0.3 is 19.6 Å². The number of likely N-dealkylation sites (tertiary alicyclic amines) is 2. The Morgan fingerprint density at radius 1 is 1.19 bits per heavy atom. The zero-order valence-electron chi connectivity index (χ0n) is 15.7. The number of carbonyl (C=O) groups excluding carboxylic acids is 2. The summed E-state index contributed by atoms with van der Waals surface area (Å²) in [6, 6.07) is 5.66. The molecular formula is C20H27FN2O4. The van der Waals surface area contributed by atoms with Crippen LogP contribution in [0.25, 0.3) is 0 Å². The molecule has 1 aromatic rings. The Balaban J connectivity index is 1.54. The van der Waals surface area contributed by atoms with Gasteiger partial charge in [-0.1, -0.05) is 0 Å². The number of ether oxygens (including phenoxy) is 1. The maximum Gasteiger partial charge on any atom is 0.225 e. The molecule has 2 aliphatic rings. The summed E-state index contributed by atoms with van der Waals surface area (Å²) in [5.74, 6) is 0.154. The first kappa shape index (κ1) is 19.6. The first-order valence-corrected chi connectivity index (χ1v) is 9.51. The molecule has 0 spiro atoms. The van der Waals surface area contributed by atoms with Gasteiger partial charge in [0.05, 0.1) is 6.54 Å². The second kappa shape index (κ2) is 8.25. The van der Waals surface area contributed by atoms with Crippen LogP contribution in [0.15, 0.2) is 24.3 Å². The third-order valence-electron chi connectivity index (χ3n) is 5.48. The van der Waals surface area contributed by atoms with Crippen molar-refractivity contribution >= 4 is 11.8 Å². The highest BCUT2D eigenvalue weighted by molar-refractivity contribution is 5.80. The van der Waals surface area contributed by atoms with E-state index >= 15 is 0 Å². The summed E-state index contributed by atoms with van der Waals surface area (Å²) in [5, 5.41) is 10.9. The van der Waals surface area contributed by atoms with E-state index in [4.69, 9.17) is 4.74 Å². The maximum atomic E-state index is 13.0. The molecule has 7 heteroatoms. The van der Waals surface area contributed by atoms with Crippen LogP contribution in [0.3, 0.4) is 0 Å². The molecule has 2 amide bonds. The summed E-state index contributed by atoms with van der Waals surface area (Å²) in [6.07, 6.45) is 2.60. The van der Waals surface area contributed by atoms with Crippen LogP contribution in [-0.2, 0) is 9.59 Å². The van der Waals surface area contributed by atoms with Gasteiger partial charge in [0.25, 0.3) is 0 Å². The summed E-state index contributed by atoms with van der Waals surface area (Å²) in [7, 11) is 0. The Hall–Kier alpha value is -2.15. The molecule has 0 aromatic heterocycles. The fraction of sp³-hybridized carbons (Fsp3) is 0.600. The molecule has 2 heterocycles. The molecule has 0 radical (unpaired) electrons. The largest absolute Gasteiger partial charge is 0.491 e. The highest BCUT2D eigenvalue weighted by atomic mass is 19.1. The van der Waals surface area contributed by atoms with Gasteiger partial charge in [-0.3, -0.25) is 9.59 Å². The van der Waals surface area contributed by atoms with Gasteiger partial charge in [-0.05, 0) is 49.9 Å². The van der Waals surface area contributed by atoms with Crippen molar-refractivity contribution in [3.63, 3.8) is 0 Å². The Morgan fingerprint density at radius 3 is 2.48 bits per heavy atom. The van der Waals surface area contributed by atoms with Crippen LogP contribution in [0.2, 0.25) is 0 Å². The fourth-order valence-electron chi connectivity index (χ4n) is 3.87. The number of rotatable bonds is 4. The van der Waals surface area contributed by atoms with Crippen LogP contribution >= 0.6 is 0 Å². The van der Waals surface area contributed by atoms with Crippen LogP contribution in [0.1, 0.15) is 32.6 Å². The zero-order valence-corrected chi connectivity index (χ0v) is 15.7. The Kier molecular flexibility index (Phi) is 5.99. The predicted octanol–water partition coefficient (Wildman–Crippen LogP) is 1.82. The highest BCUT2D eigenvalue weighted by Gasteiger charge is 2.38. The average molecular weight is 378 g/mol. The topological polar surface area (TPSA) is 70.1 Å². The molecule has 0 saturated carbocycles. The lowest BCUT2D eigenvalue weighted by atomic mass is 9.90. The van der Waals surface area contributed by atoms with Crippen molar-refractivity contribution in [3.05, 3.63) is 30.1 Å². The molecule has 0 aliphatic carbocycles. The van der Waals surface area contributed by atoms with E-state index in [1.54, 1.807) is 16.7 Å². The molecule has 2 fully saturated rings. The molecule has 0 bridgehead atoms. The van der Waals surface area contributed by atoms with E-state index in [9.17, 15) is 19.1 Å². The van der Waals surface area contributed by atoms with Gasteiger partial charge in [-0.25, -0.2) is 4.39 Å². The Bertz CT molecular complexity index is 673. The van der Waals surface area contributed by atoms with E-state index in [0.717, 1.165) is 0 Å². The summed E-state index contributed by atoms with van der Waals surface area (Å²) in [6.45, 7) is 3.69. The van der Waals surface area contributed by atoms with E-state index in [2.05, 4.69) is 0 Å². The van der Waals surface area contributed by atoms with E-state index in [1.807, 2.05) is 0 Å². The quantitative estimate of drug-likeness (QED) is 0.868. The third-order valence-corrected chi connectivity index (χ3v) is 5.48. The Labute approximate surface area is 158 Å². The zero-order chi connectivity index (χ0) is 19.4. The van der Waals surface area contributed by atoms with Crippen LogP contribution in [0.4, 0.5) is 4.39 Å². The van der Waals surface area contributed by atoms with Gasteiger partial charge in [-0.2, -0.15) is 0 Å².